The maximum absolute atomic E-state index is 12.5. The first-order valence-electron chi connectivity index (χ1n) is 10.6. The van der Waals surface area contributed by atoms with Gasteiger partial charge < -0.3 is 14.8 Å². The predicted molar refractivity (Wildman–Crippen MR) is 134 cm³/mol. The second-order valence-corrected chi connectivity index (χ2v) is 8.07. The highest BCUT2D eigenvalue weighted by Gasteiger charge is 2.24. The van der Waals surface area contributed by atoms with Gasteiger partial charge in [-0.2, -0.15) is 0 Å². The molecule has 1 aliphatic heterocycles. The molecule has 0 atom stereocenters. The molecular formula is C26H28N2O3S. The third-order valence-corrected chi connectivity index (χ3v) is 5.60. The molecule has 1 fully saturated rings. The van der Waals surface area contributed by atoms with Gasteiger partial charge >= 0.3 is 0 Å². The van der Waals surface area contributed by atoms with Crippen LogP contribution in [0.2, 0.25) is 0 Å². The molecule has 1 amide bonds. The van der Waals surface area contributed by atoms with Crippen molar-refractivity contribution in [1.29, 1.82) is 0 Å². The van der Waals surface area contributed by atoms with E-state index >= 15 is 0 Å². The number of hydrogen-bond donors (Lipinski definition) is 1. The van der Waals surface area contributed by atoms with Crippen molar-refractivity contribution >= 4 is 34.6 Å². The van der Waals surface area contributed by atoms with E-state index in [-0.39, 0.29) is 5.91 Å². The Morgan fingerprint density at radius 3 is 2.53 bits per heavy atom. The SMILES string of the molecule is C=CCOc1c(CC=C)cc(/C=C2\SC(=Nc3ccc(CC)cc3)NC2=O)cc1OCC. The van der Waals surface area contributed by atoms with E-state index in [1.807, 2.05) is 55.5 Å². The van der Waals surface area contributed by atoms with Gasteiger partial charge in [0, 0.05) is 5.56 Å². The lowest BCUT2D eigenvalue weighted by Crippen LogP contribution is -2.19. The zero-order valence-corrected chi connectivity index (χ0v) is 19.3. The fourth-order valence-corrected chi connectivity index (χ4v) is 4.04. The van der Waals surface area contributed by atoms with E-state index in [2.05, 4.69) is 30.4 Å². The Labute approximate surface area is 193 Å². The van der Waals surface area contributed by atoms with Crippen molar-refractivity contribution in [2.45, 2.75) is 26.7 Å². The Bertz CT molecular complexity index is 1060. The molecule has 0 aromatic heterocycles. The summed E-state index contributed by atoms with van der Waals surface area (Å²) in [6.07, 6.45) is 6.94. The van der Waals surface area contributed by atoms with Crippen LogP contribution in [-0.2, 0) is 17.6 Å². The predicted octanol–water partition coefficient (Wildman–Crippen LogP) is 5.83. The third kappa shape index (κ3) is 5.92. The molecule has 0 radical (unpaired) electrons. The molecule has 1 N–H and O–H groups in total. The molecule has 0 unspecified atom stereocenters. The van der Waals surface area contributed by atoms with Crippen molar-refractivity contribution in [3.05, 3.63) is 83.3 Å². The van der Waals surface area contributed by atoms with Crippen LogP contribution in [0.15, 0.2) is 71.6 Å². The normalized spacial score (nSPS) is 15.6. The van der Waals surface area contributed by atoms with E-state index in [9.17, 15) is 4.79 Å². The molecule has 3 rings (SSSR count). The zero-order valence-electron chi connectivity index (χ0n) is 18.5. The van der Waals surface area contributed by atoms with Gasteiger partial charge in [0.05, 0.1) is 17.2 Å². The van der Waals surface area contributed by atoms with E-state index in [1.165, 1.54) is 17.3 Å². The Morgan fingerprint density at radius 2 is 1.88 bits per heavy atom. The summed E-state index contributed by atoms with van der Waals surface area (Å²) in [4.78, 5) is 17.7. The molecule has 1 saturated heterocycles. The van der Waals surface area contributed by atoms with Crippen LogP contribution in [0.1, 0.15) is 30.5 Å². The monoisotopic (exact) mass is 448 g/mol. The number of rotatable bonds is 10. The molecule has 6 heteroatoms. The minimum atomic E-state index is -0.172. The quantitative estimate of drug-likeness (QED) is 0.367. The molecule has 166 valence electrons. The van der Waals surface area contributed by atoms with Crippen LogP contribution in [0, 0.1) is 0 Å². The van der Waals surface area contributed by atoms with Crippen LogP contribution >= 0.6 is 11.8 Å². The van der Waals surface area contributed by atoms with Crippen molar-refractivity contribution in [2.24, 2.45) is 4.99 Å². The van der Waals surface area contributed by atoms with E-state index in [0.29, 0.717) is 41.2 Å². The molecule has 0 saturated carbocycles. The van der Waals surface area contributed by atoms with E-state index in [1.54, 1.807) is 6.08 Å². The Morgan fingerprint density at radius 1 is 1.09 bits per heavy atom. The van der Waals surface area contributed by atoms with Crippen molar-refractivity contribution in [3.8, 4) is 11.5 Å². The van der Waals surface area contributed by atoms with Crippen molar-refractivity contribution < 1.29 is 14.3 Å². The highest BCUT2D eigenvalue weighted by Crippen LogP contribution is 2.36. The highest BCUT2D eigenvalue weighted by molar-refractivity contribution is 8.18. The number of benzene rings is 2. The second-order valence-electron chi connectivity index (χ2n) is 7.03. The molecule has 5 nitrogen and oxygen atoms in total. The number of ether oxygens (including phenoxy) is 2. The largest absolute Gasteiger partial charge is 0.490 e. The second kappa shape index (κ2) is 11.4. The minimum absolute atomic E-state index is 0.172. The van der Waals surface area contributed by atoms with Crippen LogP contribution in [0.4, 0.5) is 5.69 Å². The third-order valence-electron chi connectivity index (χ3n) is 4.69. The fourth-order valence-electron chi connectivity index (χ4n) is 3.20. The van der Waals surface area contributed by atoms with Gasteiger partial charge in [-0.05, 0) is 73.0 Å². The first-order valence-corrected chi connectivity index (χ1v) is 11.4. The molecule has 0 bridgehead atoms. The van der Waals surface area contributed by atoms with Gasteiger partial charge in [-0.25, -0.2) is 4.99 Å². The molecule has 2 aromatic carbocycles. The lowest BCUT2D eigenvalue weighted by molar-refractivity contribution is -0.115. The summed E-state index contributed by atoms with van der Waals surface area (Å²) >= 11 is 1.32. The maximum Gasteiger partial charge on any atom is 0.264 e. The number of allylic oxidation sites excluding steroid dienone is 1. The molecule has 1 aliphatic rings. The number of hydrogen-bond acceptors (Lipinski definition) is 5. The summed E-state index contributed by atoms with van der Waals surface area (Å²) in [6, 6.07) is 11.9. The van der Waals surface area contributed by atoms with Crippen LogP contribution < -0.4 is 14.8 Å². The lowest BCUT2D eigenvalue weighted by Gasteiger charge is -2.16. The summed E-state index contributed by atoms with van der Waals surface area (Å²) in [6.45, 7) is 12.5. The maximum atomic E-state index is 12.5. The first kappa shape index (κ1) is 23.4. The Balaban J connectivity index is 1.90. The molecule has 1 heterocycles. The van der Waals surface area contributed by atoms with E-state index in [4.69, 9.17) is 9.47 Å². The van der Waals surface area contributed by atoms with Gasteiger partial charge in [-0.3, -0.25) is 4.79 Å². The number of carbonyl (C=O) groups is 1. The molecule has 32 heavy (non-hydrogen) atoms. The van der Waals surface area contributed by atoms with Crippen molar-refractivity contribution in [1.82, 2.24) is 5.32 Å². The fraction of sp³-hybridized carbons (Fsp3) is 0.231. The summed E-state index contributed by atoms with van der Waals surface area (Å²) in [5.41, 5.74) is 3.84. The van der Waals surface area contributed by atoms with Gasteiger partial charge in [0.15, 0.2) is 16.7 Å². The minimum Gasteiger partial charge on any atom is -0.490 e. The topological polar surface area (TPSA) is 59.9 Å². The van der Waals surface area contributed by atoms with Gasteiger partial charge in [-0.1, -0.05) is 37.8 Å². The van der Waals surface area contributed by atoms with Gasteiger partial charge in [0.25, 0.3) is 5.91 Å². The number of amidine groups is 1. The van der Waals surface area contributed by atoms with Crippen molar-refractivity contribution in [2.75, 3.05) is 13.2 Å². The van der Waals surface area contributed by atoms with E-state index < -0.39 is 0 Å². The summed E-state index contributed by atoms with van der Waals surface area (Å²) in [7, 11) is 0. The molecular weight excluding hydrogens is 420 g/mol. The number of amides is 1. The number of thioether (sulfide) groups is 1. The first-order chi connectivity index (χ1) is 15.6. The number of carbonyl (C=O) groups excluding carboxylic acids is 1. The molecule has 0 spiro atoms. The van der Waals surface area contributed by atoms with E-state index in [0.717, 1.165) is 23.2 Å². The van der Waals surface area contributed by atoms with Gasteiger partial charge in [0.1, 0.15) is 6.61 Å². The number of nitrogens with zero attached hydrogens (tertiary/aromatic N) is 1. The summed E-state index contributed by atoms with van der Waals surface area (Å²) < 4.78 is 11.7. The van der Waals surface area contributed by atoms with Crippen LogP contribution in [0.3, 0.4) is 0 Å². The number of nitrogens with one attached hydrogen (secondary N) is 1. The average Bonchev–Trinajstić information content (AvgIpc) is 3.12. The Hall–Kier alpha value is -3.25. The van der Waals surface area contributed by atoms with Gasteiger partial charge in [0.2, 0.25) is 0 Å². The van der Waals surface area contributed by atoms with Crippen molar-refractivity contribution in [3.63, 3.8) is 0 Å². The van der Waals surface area contributed by atoms with Gasteiger partial charge in [-0.15, -0.1) is 6.58 Å². The van der Waals surface area contributed by atoms with Crippen LogP contribution in [0.25, 0.3) is 6.08 Å². The number of aliphatic imine (C=N–C) groups is 1. The smallest absolute Gasteiger partial charge is 0.264 e. The standard InChI is InChI=1S/C26H28N2O3S/c1-5-9-20-15-19(16-22(30-8-4)24(20)31-14-6-2)17-23-25(29)28-26(32-23)27-21-12-10-18(7-3)11-13-21/h5-6,10-13,15-17H,1-2,7-9,14H2,3-4H3,(H,27,28,29)/b23-17-. The average molecular weight is 449 g/mol. The highest BCUT2D eigenvalue weighted by atomic mass is 32.2. The molecule has 2 aromatic rings. The summed E-state index contributed by atoms with van der Waals surface area (Å²) in [5.74, 6) is 1.14. The lowest BCUT2D eigenvalue weighted by atomic mass is 10.0. The molecule has 0 aliphatic carbocycles. The summed E-state index contributed by atoms with van der Waals surface area (Å²) in [5, 5.41) is 3.41. The van der Waals surface area contributed by atoms with Crippen LogP contribution in [0.5, 0.6) is 11.5 Å². The Kier molecular flexibility index (Phi) is 8.34. The number of aryl methyl sites for hydroxylation is 1. The zero-order chi connectivity index (χ0) is 22.9. The van der Waals surface area contributed by atoms with Crippen LogP contribution in [-0.4, -0.2) is 24.3 Å².